The van der Waals surface area contributed by atoms with Crippen LogP contribution in [0, 0.1) is 5.82 Å². The third kappa shape index (κ3) is 3.78. The van der Waals surface area contributed by atoms with Crippen molar-refractivity contribution in [1.82, 2.24) is 10.2 Å². The van der Waals surface area contributed by atoms with Gasteiger partial charge in [-0.25, -0.2) is 9.18 Å². The molecule has 2 aromatic rings. The van der Waals surface area contributed by atoms with E-state index >= 15 is 0 Å². The van der Waals surface area contributed by atoms with Crippen molar-refractivity contribution < 1.29 is 18.7 Å². The highest BCUT2D eigenvalue weighted by molar-refractivity contribution is 7.99. The molecule has 1 unspecified atom stereocenters. The summed E-state index contributed by atoms with van der Waals surface area (Å²) in [4.78, 5) is 28.0. The zero-order valence-corrected chi connectivity index (χ0v) is 17.7. The number of hydrogen-bond donors (Lipinski definition) is 1. The summed E-state index contributed by atoms with van der Waals surface area (Å²) in [6, 6.07) is 14.3. The lowest BCUT2D eigenvalue weighted by Crippen LogP contribution is -2.52. The molecule has 0 bridgehead atoms. The molecule has 30 heavy (non-hydrogen) atoms. The van der Waals surface area contributed by atoms with Gasteiger partial charge < -0.3 is 15.0 Å². The van der Waals surface area contributed by atoms with Crippen LogP contribution in [0.4, 0.5) is 9.18 Å². The molecule has 0 saturated carbocycles. The van der Waals surface area contributed by atoms with E-state index in [1.807, 2.05) is 36.4 Å². The summed E-state index contributed by atoms with van der Waals surface area (Å²) >= 11 is 1.49. The average molecular weight is 429 g/mol. The molecular weight excluding hydrogens is 403 g/mol. The van der Waals surface area contributed by atoms with Crippen molar-refractivity contribution in [1.29, 1.82) is 0 Å². The Hall–Kier alpha value is -2.54. The van der Waals surface area contributed by atoms with Gasteiger partial charge in [-0.05, 0) is 36.5 Å². The van der Waals surface area contributed by atoms with E-state index in [4.69, 9.17) is 4.74 Å². The number of nitrogens with zero attached hydrogens (tertiary/aromatic N) is 1. The number of hydrogen-bond acceptors (Lipinski definition) is 4. The van der Waals surface area contributed by atoms with Crippen LogP contribution >= 0.6 is 11.8 Å². The Kier molecular flexibility index (Phi) is 5.99. The largest absolute Gasteiger partial charge is 0.468 e. The summed E-state index contributed by atoms with van der Waals surface area (Å²) in [6.07, 6.45) is 1.77. The van der Waals surface area contributed by atoms with Crippen LogP contribution < -0.4 is 5.32 Å². The zero-order valence-electron chi connectivity index (χ0n) is 16.9. The minimum atomic E-state index is -0.732. The average Bonchev–Trinajstić information content (AvgIpc) is 2.80. The van der Waals surface area contributed by atoms with Crippen molar-refractivity contribution in [2.24, 2.45) is 0 Å². The molecule has 4 rings (SSSR count). The number of benzene rings is 2. The molecule has 1 saturated heterocycles. The monoisotopic (exact) mass is 428 g/mol. The van der Waals surface area contributed by atoms with Crippen LogP contribution in [-0.2, 0) is 14.9 Å². The van der Waals surface area contributed by atoms with Crippen LogP contribution in [0.25, 0.3) is 0 Å². The number of fused-ring (bicyclic) bond motifs is 1. The van der Waals surface area contributed by atoms with E-state index in [1.165, 1.54) is 24.9 Å². The zero-order chi connectivity index (χ0) is 21.1. The smallest absolute Gasteiger partial charge is 0.317 e. The van der Waals surface area contributed by atoms with Gasteiger partial charge in [0.1, 0.15) is 5.82 Å². The third-order valence-electron chi connectivity index (χ3n) is 6.13. The van der Waals surface area contributed by atoms with E-state index in [0.717, 1.165) is 23.3 Å². The molecular formula is C23H25FN2O3S. The first kappa shape index (κ1) is 20.7. The second-order valence-corrected chi connectivity index (χ2v) is 8.83. The van der Waals surface area contributed by atoms with Crippen LogP contribution in [0.1, 0.15) is 36.4 Å². The Balaban J connectivity index is 1.46. The third-order valence-corrected chi connectivity index (χ3v) is 7.29. The van der Waals surface area contributed by atoms with E-state index in [0.29, 0.717) is 30.8 Å². The number of methoxy groups -OCH3 is 1. The highest BCUT2D eigenvalue weighted by atomic mass is 32.2. The Labute approximate surface area is 180 Å². The maximum absolute atomic E-state index is 14.1. The molecule has 5 nitrogen and oxygen atoms in total. The van der Waals surface area contributed by atoms with Crippen LogP contribution in [-0.4, -0.2) is 42.9 Å². The molecule has 0 aliphatic carbocycles. The molecule has 2 aromatic carbocycles. The van der Waals surface area contributed by atoms with Crippen LogP contribution in [0.3, 0.4) is 0 Å². The van der Waals surface area contributed by atoms with Crippen LogP contribution in [0.15, 0.2) is 53.4 Å². The fourth-order valence-corrected chi connectivity index (χ4v) is 5.57. The summed E-state index contributed by atoms with van der Waals surface area (Å²) < 4.78 is 19.2. The van der Waals surface area contributed by atoms with Crippen molar-refractivity contribution in [3.05, 3.63) is 65.5 Å². The summed E-state index contributed by atoms with van der Waals surface area (Å²) in [6.45, 7) is 0.903. The van der Waals surface area contributed by atoms with Gasteiger partial charge in [0, 0.05) is 23.7 Å². The first-order valence-corrected chi connectivity index (χ1v) is 11.1. The molecule has 7 heteroatoms. The van der Waals surface area contributed by atoms with Gasteiger partial charge in [0.2, 0.25) is 0 Å². The number of carbonyl (C=O) groups excluding carboxylic acids is 2. The molecule has 1 atom stereocenters. The van der Waals surface area contributed by atoms with Gasteiger partial charge in [0.05, 0.1) is 18.6 Å². The molecule has 1 fully saturated rings. The van der Waals surface area contributed by atoms with E-state index in [-0.39, 0.29) is 23.9 Å². The standard InChI is InChI=1S/C23H25FN2O3S/c1-29-21(27)23(16-6-3-2-4-7-16)11-13-26(14-12-23)22(28)25-19-10-15-30-20-17(19)8-5-9-18(20)24/h2-9,19H,10-15H2,1H3,(H,25,28). The summed E-state index contributed by atoms with van der Waals surface area (Å²) in [7, 11) is 1.41. The SMILES string of the molecule is COC(=O)C1(c2ccccc2)CCN(C(=O)NC2CCSc3c(F)cccc32)CC1. The molecule has 2 amide bonds. The molecule has 2 heterocycles. The number of thioether (sulfide) groups is 1. The first-order valence-electron chi connectivity index (χ1n) is 10.2. The highest BCUT2D eigenvalue weighted by Gasteiger charge is 2.45. The fraction of sp³-hybridized carbons (Fsp3) is 0.391. The van der Waals surface area contributed by atoms with E-state index in [9.17, 15) is 14.0 Å². The number of carbonyl (C=O) groups is 2. The van der Waals surface area contributed by atoms with Gasteiger partial charge in [-0.15, -0.1) is 11.8 Å². The Morgan fingerprint density at radius 1 is 1.13 bits per heavy atom. The van der Waals surface area contributed by atoms with Gasteiger partial charge in [-0.3, -0.25) is 4.79 Å². The molecule has 0 spiro atoms. The fourth-order valence-electron chi connectivity index (χ4n) is 4.43. The van der Waals surface area contributed by atoms with Crippen molar-refractivity contribution >= 4 is 23.8 Å². The molecule has 0 radical (unpaired) electrons. The number of rotatable bonds is 3. The number of urea groups is 1. The predicted molar refractivity (Wildman–Crippen MR) is 114 cm³/mol. The number of esters is 1. The number of likely N-dealkylation sites (tertiary alicyclic amines) is 1. The second-order valence-electron chi connectivity index (χ2n) is 7.72. The van der Waals surface area contributed by atoms with Crippen molar-refractivity contribution in [2.75, 3.05) is 26.0 Å². The minimum Gasteiger partial charge on any atom is -0.468 e. The van der Waals surface area contributed by atoms with Crippen molar-refractivity contribution in [3.8, 4) is 0 Å². The number of ether oxygens (including phenoxy) is 1. The first-order chi connectivity index (χ1) is 14.5. The molecule has 2 aliphatic rings. The predicted octanol–water partition coefficient (Wildman–Crippen LogP) is 4.28. The maximum atomic E-state index is 14.1. The van der Waals surface area contributed by atoms with Crippen LogP contribution in [0.5, 0.6) is 0 Å². The molecule has 2 aliphatic heterocycles. The summed E-state index contributed by atoms with van der Waals surface area (Å²) in [5.74, 6) is 0.265. The molecule has 0 aromatic heterocycles. The lowest BCUT2D eigenvalue weighted by atomic mass is 9.73. The maximum Gasteiger partial charge on any atom is 0.317 e. The van der Waals surface area contributed by atoms with Gasteiger partial charge in [0.15, 0.2) is 0 Å². The van der Waals surface area contributed by atoms with E-state index in [1.54, 1.807) is 11.0 Å². The number of amides is 2. The van der Waals surface area contributed by atoms with E-state index < -0.39 is 5.41 Å². The van der Waals surface area contributed by atoms with Crippen molar-refractivity contribution in [2.45, 2.75) is 35.6 Å². The Bertz CT molecular complexity index is 929. The van der Waals surface area contributed by atoms with E-state index in [2.05, 4.69) is 5.32 Å². The Morgan fingerprint density at radius 2 is 1.87 bits per heavy atom. The van der Waals surface area contributed by atoms with Crippen LogP contribution in [0.2, 0.25) is 0 Å². The quantitative estimate of drug-likeness (QED) is 0.742. The van der Waals surface area contributed by atoms with Gasteiger partial charge in [0.25, 0.3) is 0 Å². The lowest BCUT2D eigenvalue weighted by molar-refractivity contribution is -0.149. The Morgan fingerprint density at radius 3 is 2.57 bits per heavy atom. The number of piperidine rings is 1. The molecule has 1 N–H and O–H groups in total. The normalized spacial score (nSPS) is 20.2. The topological polar surface area (TPSA) is 58.6 Å². The van der Waals surface area contributed by atoms with Gasteiger partial charge >= 0.3 is 12.0 Å². The highest BCUT2D eigenvalue weighted by Crippen LogP contribution is 2.39. The molecule has 158 valence electrons. The summed E-state index contributed by atoms with van der Waals surface area (Å²) in [5, 5.41) is 3.07. The number of halogens is 1. The minimum absolute atomic E-state index is 0.173. The lowest BCUT2D eigenvalue weighted by Gasteiger charge is -2.40. The van der Waals surface area contributed by atoms with Crippen molar-refractivity contribution in [3.63, 3.8) is 0 Å². The van der Waals surface area contributed by atoms with Gasteiger partial charge in [-0.2, -0.15) is 0 Å². The van der Waals surface area contributed by atoms with Gasteiger partial charge in [-0.1, -0.05) is 42.5 Å². The number of nitrogens with one attached hydrogen (secondary N) is 1. The second kappa shape index (κ2) is 8.68. The summed E-state index contributed by atoms with van der Waals surface area (Å²) in [5.41, 5.74) is 1.03.